The molecule has 1 saturated carbocycles. The molecule has 1 saturated heterocycles. The van der Waals surface area contributed by atoms with Crippen LogP contribution in [0.2, 0.25) is 0 Å². The van der Waals surface area contributed by atoms with Crippen LogP contribution in [0.25, 0.3) is 10.9 Å². The van der Waals surface area contributed by atoms with E-state index in [-0.39, 0.29) is 35.4 Å². The molecule has 1 aromatic carbocycles. The lowest BCUT2D eigenvalue weighted by Gasteiger charge is -2.24. The van der Waals surface area contributed by atoms with Crippen molar-refractivity contribution in [3.8, 4) is 0 Å². The molecule has 29 heavy (non-hydrogen) atoms. The van der Waals surface area contributed by atoms with Crippen LogP contribution in [0.15, 0.2) is 17.1 Å². The molecule has 156 valence electrons. The first-order valence-corrected chi connectivity index (χ1v) is 9.83. The summed E-state index contributed by atoms with van der Waals surface area (Å²) in [6, 6.07) is 1.29. The van der Waals surface area contributed by atoms with Gasteiger partial charge in [-0.3, -0.25) is 4.79 Å². The maximum Gasteiger partial charge on any atom is 0.341 e. The van der Waals surface area contributed by atoms with Crippen LogP contribution in [0.5, 0.6) is 0 Å². The van der Waals surface area contributed by atoms with Crippen LogP contribution < -0.4 is 10.3 Å². The van der Waals surface area contributed by atoms with Crippen molar-refractivity contribution in [2.75, 3.05) is 38.3 Å². The van der Waals surface area contributed by atoms with Gasteiger partial charge in [0.15, 0.2) is 0 Å². The number of carboxylic acid groups (broad SMARTS) is 1. The predicted octanol–water partition coefficient (Wildman–Crippen LogP) is 2.17. The molecule has 1 aliphatic carbocycles. The molecular weight excluding hydrogens is 379 g/mol. The van der Waals surface area contributed by atoms with Crippen LogP contribution in [-0.4, -0.2) is 54.2 Å². The highest BCUT2D eigenvalue weighted by molar-refractivity contribution is 5.95. The molecule has 0 unspecified atom stereocenters. The van der Waals surface area contributed by atoms with E-state index in [0.717, 1.165) is 12.8 Å². The highest BCUT2D eigenvalue weighted by atomic mass is 19.1. The number of carboxylic acids is 1. The van der Waals surface area contributed by atoms with Gasteiger partial charge in [0, 0.05) is 56.3 Å². The number of ether oxygens (including phenoxy) is 1. The highest BCUT2D eigenvalue weighted by Gasteiger charge is 2.35. The molecule has 2 aromatic rings. The maximum atomic E-state index is 15.2. The van der Waals surface area contributed by atoms with Gasteiger partial charge in [0.05, 0.1) is 17.8 Å². The number of benzene rings is 1. The molecule has 2 atom stereocenters. The van der Waals surface area contributed by atoms with E-state index in [9.17, 15) is 19.8 Å². The SMILES string of the molecule is COC[C@@H]1CN(c2c(F)cc3c(=O)c(C(=O)O)cn(C4CC4)c3c2C)C[C@@H]1CO. The van der Waals surface area contributed by atoms with Crippen LogP contribution in [0, 0.1) is 24.6 Å². The van der Waals surface area contributed by atoms with Crippen LogP contribution in [0.3, 0.4) is 0 Å². The number of hydrogen-bond acceptors (Lipinski definition) is 5. The third-order valence-electron chi connectivity index (χ3n) is 6.16. The lowest BCUT2D eigenvalue weighted by Crippen LogP contribution is -2.25. The van der Waals surface area contributed by atoms with Gasteiger partial charge in [-0.25, -0.2) is 9.18 Å². The molecular formula is C21H25FN2O5. The van der Waals surface area contributed by atoms with Crippen LogP contribution >= 0.6 is 0 Å². The molecule has 7 nitrogen and oxygen atoms in total. The Morgan fingerprint density at radius 3 is 2.59 bits per heavy atom. The summed E-state index contributed by atoms with van der Waals surface area (Å²) in [5, 5.41) is 19.2. The number of nitrogens with zero attached hydrogens (tertiary/aromatic N) is 2. The molecule has 2 aliphatic rings. The largest absolute Gasteiger partial charge is 0.477 e. The standard InChI is InChI=1S/C21H25FN2O5/c1-11-18-15(20(26)16(21(27)28)8-24(18)14-3-4-14)5-17(22)19(11)23-6-12(9-25)13(7-23)10-29-2/h5,8,12-14,25H,3-4,6-7,9-10H2,1-2H3,(H,27,28)/t12-,13+/m1/s1. The van der Waals surface area contributed by atoms with E-state index in [0.29, 0.717) is 36.5 Å². The lowest BCUT2D eigenvalue weighted by molar-refractivity contribution is 0.0695. The number of aromatic nitrogens is 1. The first-order chi connectivity index (χ1) is 13.9. The number of aromatic carboxylic acids is 1. The van der Waals surface area contributed by atoms with Gasteiger partial charge in [-0.05, 0) is 31.4 Å². The van der Waals surface area contributed by atoms with Gasteiger partial charge in [0.25, 0.3) is 0 Å². The Balaban J connectivity index is 1.89. The minimum atomic E-state index is -1.30. The fraction of sp³-hybridized carbons (Fsp3) is 0.524. The number of rotatable bonds is 6. The quantitative estimate of drug-likeness (QED) is 0.767. The summed E-state index contributed by atoms with van der Waals surface area (Å²) >= 11 is 0. The molecule has 0 amide bonds. The summed E-state index contributed by atoms with van der Waals surface area (Å²) in [6.45, 7) is 3.28. The lowest BCUT2D eigenvalue weighted by atomic mass is 9.98. The van der Waals surface area contributed by atoms with E-state index in [4.69, 9.17) is 4.74 Å². The number of fused-ring (bicyclic) bond motifs is 1. The fourth-order valence-corrected chi connectivity index (χ4v) is 4.58. The topological polar surface area (TPSA) is 92.0 Å². The Morgan fingerprint density at radius 1 is 1.31 bits per heavy atom. The highest BCUT2D eigenvalue weighted by Crippen LogP contribution is 2.41. The monoisotopic (exact) mass is 404 g/mol. The molecule has 0 bridgehead atoms. The van der Waals surface area contributed by atoms with Crippen LogP contribution in [0.4, 0.5) is 10.1 Å². The number of aliphatic hydroxyl groups excluding tert-OH is 1. The van der Waals surface area contributed by atoms with E-state index in [1.165, 1.54) is 12.3 Å². The first-order valence-electron chi connectivity index (χ1n) is 9.83. The summed E-state index contributed by atoms with van der Waals surface area (Å²) < 4.78 is 22.3. The van der Waals surface area contributed by atoms with Crippen molar-refractivity contribution in [2.24, 2.45) is 11.8 Å². The minimum Gasteiger partial charge on any atom is -0.477 e. The van der Waals surface area contributed by atoms with E-state index < -0.39 is 17.2 Å². The molecule has 0 radical (unpaired) electrons. The molecule has 1 aromatic heterocycles. The molecule has 4 rings (SSSR count). The van der Waals surface area contributed by atoms with Gasteiger partial charge in [-0.1, -0.05) is 0 Å². The van der Waals surface area contributed by atoms with Crippen molar-refractivity contribution < 1.29 is 24.1 Å². The number of aryl methyl sites for hydroxylation is 1. The van der Waals surface area contributed by atoms with Gasteiger partial charge >= 0.3 is 5.97 Å². The second-order valence-corrected chi connectivity index (χ2v) is 8.11. The Kier molecular flexibility index (Phi) is 5.08. The zero-order valence-corrected chi connectivity index (χ0v) is 16.5. The molecule has 0 spiro atoms. The second-order valence-electron chi connectivity index (χ2n) is 8.11. The number of methoxy groups -OCH3 is 1. The van der Waals surface area contributed by atoms with Gasteiger partial charge in [-0.2, -0.15) is 0 Å². The smallest absolute Gasteiger partial charge is 0.341 e. The number of halogens is 1. The van der Waals surface area contributed by atoms with Crippen molar-refractivity contribution in [3.05, 3.63) is 39.4 Å². The van der Waals surface area contributed by atoms with Crippen molar-refractivity contribution in [1.29, 1.82) is 0 Å². The molecule has 1 aliphatic heterocycles. The third kappa shape index (κ3) is 3.30. The molecule has 2 fully saturated rings. The van der Waals surface area contributed by atoms with E-state index in [1.807, 2.05) is 9.47 Å². The maximum absolute atomic E-state index is 15.2. The third-order valence-corrected chi connectivity index (χ3v) is 6.16. The Bertz CT molecular complexity index is 1030. The van der Waals surface area contributed by atoms with Crippen molar-refractivity contribution in [3.63, 3.8) is 0 Å². The van der Waals surface area contributed by atoms with Gasteiger partial charge in [0.2, 0.25) is 5.43 Å². The fourth-order valence-electron chi connectivity index (χ4n) is 4.58. The summed E-state index contributed by atoms with van der Waals surface area (Å²) in [5.74, 6) is -1.79. The Morgan fingerprint density at radius 2 is 2.00 bits per heavy atom. The van der Waals surface area contributed by atoms with Gasteiger partial charge in [0.1, 0.15) is 11.4 Å². The second kappa shape index (κ2) is 7.42. The Hall–Kier alpha value is -2.45. The van der Waals surface area contributed by atoms with Crippen molar-refractivity contribution in [1.82, 2.24) is 4.57 Å². The number of anilines is 1. The van der Waals surface area contributed by atoms with Crippen molar-refractivity contribution >= 4 is 22.6 Å². The minimum absolute atomic E-state index is 0.00642. The van der Waals surface area contributed by atoms with Gasteiger partial charge < -0.3 is 24.4 Å². The number of aliphatic hydroxyl groups is 1. The summed E-state index contributed by atoms with van der Waals surface area (Å²) in [7, 11) is 1.60. The van der Waals surface area contributed by atoms with Crippen LogP contribution in [0.1, 0.15) is 34.8 Å². The molecule has 8 heteroatoms. The summed E-state index contributed by atoms with van der Waals surface area (Å²) in [4.78, 5) is 26.1. The normalized spacial score (nSPS) is 21.9. The number of hydrogen-bond donors (Lipinski definition) is 2. The summed E-state index contributed by atoms with van der Waals surface area (Å²) in [6.07, 6.45) is 3.19. The van der Waals surface area contributed by atoms with Crippen LogP contribution in [-0.2, 0) is 4.74 Å². The molecule has 2 heterocycles. The average molecular weight is 404 g/mol. The summed E-state index contributed by atoms with van der Waals surface area (Å²) in [5.41, 5.74) is 0.624. The van der Waals surface area contributed by atoms with Gasteiger partial charge in [-0.15, -0.1) is 0 Å². The number of pyridine rings is 1. The number of carbonyl (C=O) groups is 1. The first kappa shape index (κ1) is 19.8. The van der Waals surface area contributed by atoms with Crippen molar-refractivity contribution in [2.45, 2.75) is 25.8 Å². The zero-order chi connectivity index (χ0) is 20.9. The van der Waals surface area contributed by atoms with E-state index >= 15 is 4.39 Å². The molecule has 2 N–H and O–H groups in total. The van der Waals surface area contributed by atoms with E-state index in [2.05, 4.69) is 0 Å². The Labute approximate surface area is 167 Å². The van der Waals surface area contributed by atoms with E-state index in [1.54, 1.807) is 14.0 Å². The zero-order valence-electron chi connectivity index (χ0n) is 16.5. The predicted molar refractivity (Wildman–Crippen MR) is 106 cm³/mol. The average Bonchev–Trinajstić information content (AvgIpc) is 3.44.